The van der Waals surface area contributed by atoms with Crippen LogP contribution in [0.1, 0.15) is 10.4 Å². The molecule has 0 aliphatic carbocycles. The normalized spacial score (nSPS) is 9.83. The highest BCUT2D eigenvalue weighted by atomic mass is 16.6. The molecule has 0 heterocycles. The van der Waals surface area contributed by atoms with Crippen molar-refractivity contribution in [3.8, 4) is 17.2 Å². The lowest BCUT2D eigenvalue weighted by molar-refractivity contribution is -0.136. The van der Waals surface area contributed by atoms with Crippen molar-refractivity contribution in [2.24, 2.45) is 0 Å². The largest absolute Gasteiger partial charge is 0.493 e. The lowest BCUT2D eigenvalue weighted by Gasteiger charge is -2.10. The van der Waals surface area contributed by atoms with E-state index >= 15 is 0 Å². The Labute approximate surface area is 133 Å². The highest BCUT2D eigenvalue weighted by molar-refractivity contribution is 5.89. The zero-order chi connectivity index (χ0) is 16.7. The van der Waals surface area contributed by atoms with Gasteiger partial charge in [0.2, 0.25) is 0 Å². The minimum atomic E-state index is -0.568. The minimum Gasteiger partial charge on any atom is -0.493 e. The highest BCUT2D eigenvalue weighted by Crippen LogP contribution is 2.25. The van der Waals surface area contributed by atoms with Crippen LogP contribution in [0.3, 0.4) is 0 Å². The van der Waals surface area contributed by atoms with Crippen molar-refractivity contribution in [3.05, 3.63) is 54.1 Å². The molecular formula is C17H16O6. The summed E-state index contributed by atoms with van der Waals surface area (Å²) >= 11 is 0. The lowest BCUT2D eigenvalue weighted by Crippen LogP contribution is -2.18. The van der Waals surface area contributed by atoms with Gasteiger partial charge in [0.15, 0.2) is 18.1 Å². The molecule has 6 nitrogen and oxygen atoms in total. The minimum absolute atomic E-state index is 0.265. The molecular weight excluding hydrogens is 300 g/mol. The van der Waals surface area contributed by atoms with Crippen LogP contribution in [-0.4, -0.2) is 32.8 Å². The molecule has 0 atom stereocenters. The number of rotatable bonds is 6. The van der Waals surface area contributed by atoms with Gasteiger partial charge in [0, 0.05) is 0 Å². The van der Waals surface area contributed by atoms with Crippen LogP contribution in [0.25, 0.3) is 0 Å². The van der Waals surface area contributed by atoms with Gasteiger partial charge in [-0.1, -0.05) is 12.1 Å². The van der Waals surface area contributed by atoms with E-state index in [9.17, 15) is 9.59 Å². The average molecular weight is 316 g/mol. The predicted molar refractivity (Wildman–Crippen MR) is 81.9 cm³/mol. The third-order valence-electron chi connectivity index (χ3n) is 2.92. The number of hydrogen-bond donors (Lipinski definition) is 0. The standard InChI is InChI=1S/C17H16O6/c1-20-14-5-3-4-6-15(14)22-11-16(18)23-13-9-7-12(8-10-13)17(19)21-2/h3-10H,11H2,1-2H3. The van der Waals surface area contributed by atoms with Crippen LogP contribution in [0.4, 0.5) is 0 Å². The summed E-state index contributed by atoms with van der Waals surface area (Å²) in [5.74, 6) is 0.270. The van der Waals surface area contributed by atoms with Gasteiger partial charge in [0.05, 0.1) is 19.8 Å². The monoisotopic (exact) mass is 316 g/mol. The number of esters is 2. The molecule has 23 heavy (non-hydrogen) atoms. The molecule has 120 valence electrons. The summed E-state index contributed by atoms with van der Waals surface area (Å²) in [4.78, 5) is 23.1. The van der Waals surface area contributed by atoms with Gasteiger partial charge in [0.25, 0.3) is 0 Å². The third kappa shape index (κ3) is 4.47. The molecule has 0 aliphatic heterocycles. The van der Waals surface area contributed by atoms with Gasteiger partial charge in [-0.05, 0) is 36.4 Å². The fourth-order valence-corrected chi connectivity index (χ4v) is 1.81. The summed E-state index contributed by atoms with van der Waals surface area (Å²) in [5, 5.41) is 0. The second-order valence-corrected chi connectivity index (χ2v) is 4.43. The molecule has 0 fully saturated rings. The van der Waals surface area contributed by atoms with Gasteiger partial charge >= 0.3 is 11.9 Å². The summed E-state index contributed by atoms with van der Waals surface area (Å²) in [6, 6.07) is 13.0. The van der Waals surface area contributed by atoms with E-state index in [0.717, 1.165) is 0 Å². The Kier molecular flexibility index (Phi) is 5.57. The maximum absolute atomic E-state index is 11.8. The van der Waals surface area contributed by atoms with Crippen LogP contribution < -0.4 is 14.2 Å². The Morgan fingerprint density at radius 1 is 0.913 bits per heavy atom. The summed E-state index contributed by atoms with van der Waals surface area (Å²) in [6.45, 7) is -0.265. The van der Waals surface area contributed by atoms with Crippen molar-refractivity contribution in [2.45, 2.75) is 0 Å². The number of carbonyl (C=O) groups excluding carboxylic acids is 2. The van der Waals surface area contributed by atoms with Gasteiger partial charge in [0.1, 0.15) is 5.75 Å². The first-order valence-electron chi connectivity index (χ1n) is 6.79. The number of methoxy groups -OCH3 is 2. The van der Waals surface area contributed by atoms with Crippen molar-refractivity contribution in [2.75, 3.05) is 20.8 Å². The molecule has 0 saturated carbocycles. The molecule has 0 radical (unpaired) electrons. The molecule has 2 aromatic rings. The average Bonchev–Trinajstić information content (AvgIpc) is 2.60. The molecule has 0 amide bonds. The Morgan fingerprint density at radius 3 is 2.17 bits per heavy atom. The van der Waals surface area contributed by atoms with Crippen LogP contribution in [0, 0.1) is 0 Å². The van der Waals surface area contributed by atoms with Crippen LogP contribution in [0.5, 0.6) is 17.2 Å². The fourth-order valence-electron chi connectivity index (χ4n) is 1.81. The van der Waals surface area contributed by atoms with Crippen LogP contribution in [-0.2, 0) is 9.53 Å². The lowest BCUT2D eigenvalue weighted by atomic mass is 10.2. The van der Waals surface area contributed by atoms with Crippen LogP contribution >= 0.6 is 0 Å². The number of ether oxygens (including phenoxy) is 4. The molecule has 0 spiro atoms. The number of para-hydroxylation sites is 2. The van der Waals surface area contributed by atoms with E-state index in [1.54, 1.807) is 24.3 Å². The second-order valence-electron chi connectivity index (χ2n) is 4.43. The molecule has 0 N–H and O–H groups in total. The molecule has 0 aliphatic rings. The molecule has 0 saturated heterocycles. The van der Waals surface area contributed by atoms with E-state index in [-0.39, 0.29) is 6.61 Å². The first-order chi connectivity index (χ1) is 11.1. The van der Waals surface area contributed by atoms with Gasteiger partial charge < -0.3 is 18.9 Å². The van der Waals surface area contributed by atoms with E-state index in [1.165, 1.54) is 38.5 Å². The first kappa shape index (κ1) is 16.4. The summed E-state index contributed by atoms with van der Waals surface area (Å²) in [7, 11) is 2.81. The van der Waals surface area contributed by atoms with Crippen molar-refractivity contribution in [1.29, 1.82) is 0 Å². The van der Waals surface area contributed by atoms with E-state index in [1.807, 2.05) is 0 Å². The van der Waals surface area contributed by atoms with E-state index in [2.05, 4.69) is 4.74 Å². The second kappa shape index (κ2) is 7.84. The third-order valence-corrected chi connectivity index (χ3v) is 2.92. The maximum Gasteiger partial charge on any atom is 0.349 e. The highest BCUT2D eigenvalue weighted by Gasteiger charge is 2.10. The molecule has 2 rings (SSSR count). The van der Waals surface area contributed by atoms with Crippen LogP contribution in [0.15, 0.2) is 48.5 Å². The Hall–Kier alpha value is -3.02. The zero-order valence-electron chi connectivity index (χ0n) is 12.8. The van der Waals surface area contributed by atoms with Crippen molar-refractivity contribution in [3.63, 3.8) is 0 Å². The topological polar surface area (TPSA) is 71.1 Å². The maximum atomic E-state index is 11.8. The van der Waals surface area contributed by atoms with Gasteiger partial charge in [-0.15, -0.1) is 0 Å². The Bertz CT molecular complexity index is 678. The molecule has 0 aromatic heterocycles. The Morgan fingerprint density at radius 2 is 1.57 bits per heavy atom. The number of carbonyl (C=O) groups is 2. The SMILES string of the molecule is COC(=O)c1ccc(OC(=O)COc2ccccc2OC)cc1. The molecule has 6 heteroatoms. The molecule has 2 aromatic carbocycles. The van der Waals surface area contributed by atoms with Crippen molar-refractivity contribution < 1.29 is 28.5 Å². The van der Waals surface area contributed by atoms with Gasteiger partial charge in [-0.2, -0.15) is 0 Å². The summed E-state index contributed by atoms with van der Waals surface area (Å²) < 4.78 is 20.2. The summed E-state index contributed by atoms with van der Waals surface area (Å²) in [5.41, 5.74) is 0.373. The summed E-state index contributed by atoms with van der Waals surface area (Å²) in [6.07, 6.45) is 0. The fraction of sp³-hybridized carbons (Fsp3) is 0.176. The van der Waals surface area contributed by atoms with E-state index in [4.69, 9.17) is 14.2 Å². The smallest absolute Gasteiger partial charge is 0.349 e. The van der Waals surface area contributed by atoms with E-state index < -0.39 is 11.9 Å². The van der Waals surface area contributed by atoms with E-state index in [0.29, 0.717) is 22.8 Å². The first-order valence-corrected chi connectivity index (χ1v) is 6.79. The van der Waals surface area contributed by atoms with Gasteiger partial charge in [-0.3, -0.25) is 0 Å². The van der Waals surface area contributed by atoms with Crippen molar-refractivity contribution >= 4 is 11.9 Å². The van der Waals surface area contributed by atoms with Crippen LogP contribution in [0.2, 0.25) is 0 Å². The quantitative estimate of drug-likeness (QED) is 0.602. The van der Waals surface area contributed by atoms with Crippen molar-refractivity contribution in [1.82, 2.24) is 0 Å². The number of hydrogen-bond acceptors (Lipinski definition) is 6. The molecule has 0 bridgehead atoms. The molecule has 0 unspecified atom stereocenters. The predicted octanol–water partition coefficient (Wildman–Crippen LogP) is 2.47. The number of benzene rings is 2. The zero-order valence-corrected chi connectivity index (χ0v) is 12.8. The Balaban J connectivity index is 1.91. The van der Waals surface area contributed by atoms with Gasteiger partial charge in [-0.25, -0.2) is 9.59 Å².